The molecular weight excluding hydrogens is 338 g/mol. The van der Waals surface area contributed by atoms with Gasteiger partial charge in [0.2, 0.25) is 5.91 Å². The van der Waals surface area contributed by atoms with Crippen LogP contribution < -0.4 is 5.56 Å². The number of aryl methyl sites for hydroxylation is 2. The Morgan fingerprint density at radius 3 is 2.78 bits per heavy atom. The summed E-state index contributed by atoms with van der Waals surface area (Å²) in [6, 6.07) is 6.08. The van der Waals surface area contributed by atoms with Crippen molar-refractivity contribution in [3.63, 3.8) is 0 Å². The number of aromatic nitrogens is 2. The molecule has 0 N–H and O–H groups in total. The van der Waals surface area contributed by atoms with Crippen molar-refractivity contribution in [2.75, 3.05) is 6.54 Å². The lowest BCUT2D eigenvalue weighted by molar-refractivity contribution is -0.133. The molecule has 2 aromatic rings. The lowest BCUT2D eigenvalue weighted by atomic mass is 9.83. The number of amides is 1. The van der Waals surface area contributed by atoms with Gasteiger partial charge in [0.1, 0.15) is 0 Å². The summed E-state index contributed by atoms with van der Waals surface area (Å²) in [4.78, 5) is 32.2. The van der Waals surface area contributed by atoms with Gasteiger partial charge in [-0.1, -0.05) is 31.4 Å². The second kappa shape index (κ2) is 7.83. The van der Waals surface area contributed by atoms with Gasteiger partial charge in [0.05, 0.1) is 17.2 Å². The van der Waals surface area contributed by atoms with E-state index < -0.39 is 0 Å². The van der Waals surface area contributed by atoms with E-state index in [1.807, 2.05) is 25.1 Å². The van der Waals surface area contributed by atoms with Crippen molar-refractivity contribution in [3.05, 3.63) is 40.4 Å². The molecule has 27 heavy (non-hydrogen) atoms. The third-order valence-corrected chi connectivity index (χ3v) is 6.44. The summed E-state index contributed by atoms with van der Waals surface area (Å²) in [6.45, 7) is 3.24. The summed E-state index contributed by atoms with van der Waals surface area (Å²) in [5.74, 6) is 0.873. The topological polar surface area (TPSA) is 55.2 Å². The summed E-state index contributed by atoms with van der Waals surface area (Å²) >= 11 is 0. The Bertz CT molecular complexity index is 883. The van der Waals surface area contributed by atoms with E-state index in [-0.39, 0.29) is 11.5 Å². The van der Waals surface area contributed by atoms with Gasteiger partial charge < -0.3 is 4.90 Å². The van der Waals surface area contributed by atoms with Gasteiger partial charge in [0.15, 0.2) is 0 Å². The smallest absolute Gasteiger partial charge is 0.261 e. The second-order valence-corrected chi connectivity index (χ2v) is 8.16. The van der Waals surface area contributed by atoms with Gasteiger partial charge in [-0.2, -0.15) is 0 Å². The molecule has 0 bridgehead atoms. The van der Waals surface area contributed by atoms with E-state index >= 15 is 0 Å². The van der Waals surface area contributed by atoms with Gasteiger partial charge in [0.25, 0.3) is 5.56 Å². The van der Waals surface area contributed by atoms with Crippen LogP contribution in [0.25, 0.3) is 10.9 Å². The lowest BCUT2D eigenvalue weighted by Crippen LogP contribution is -2.41. The third-order valence-electron chi connectivity index (χ3n) is 6.44. The maximum atomic E-state index is 12.9. The van der Waals surface area contributed by atoms with Gasteiger partial charge in [0, 0.05) is 25.6 Å². The van der Waals surface area contributed by atoms with Gasteiger partial charge >= 0.3 is 0 Å². The van der Waals surface area contributed by atoms with Crippen LogP contribution in [0.3, 0.4) is 0 Å². The number of likely N-dealkylation sites (tertiary alicyclic amines) is 1. The maximum absolute atomic E-state index is 12.9. The Labute approximate surface area is 160 Å². The first-order chi connectivity index (χ1) is 13.1. The summed E-state index contributed by atoms with van der Waals surface area (Å²) in [5, 5.41) is 0.631. The highest BCUT2D eigenvalue weighted by Gasteiger charge is 2.34. The van der Waals surface area contributed by atoms with E-state index in [2.05, 4.69) is 9.88 Å². The molecule has 1 saturated carbocycles. The molecule has 1 aromatic carbocycles. The average Bonchev–Trinajstić information content (AvgIpc) is 3.18. The predicted octanol–water partition coefficient (Wildman–Crippen LogP) is 3.67. The first-order valence-corrected chi connectivity index (χ1v) is 10.4. The van der Waals surface area contributed by atoms with Crippen molar-refractivity contribution in [3.8, 4) is 0 Å². The lowest BCUT2D eigenvalue weighted by Gasteiger charge is -2.34. The monoisotopic (exact) mass is 367 g/mol. The molecule has 0 spiro atoms. The van der Waals surface area contributed by atoms with Gasteiger partial charge in [-0.25, -0.2) is 4.98 Å². The van der Waals surface area contributed by atoms with Crippen molar-refractivity contribution in [1.82, 2.24) is 14.5 Å². The maximum Gasteiger partial charge on any atom is 0.261 e. The molecule has 1 aliphatic carbocycles. The molecule has 1 aromatic heterocycles. The van der Waals surface area contributed by atoms with E-state index in [9.17, 15) is 9.59 Å². The molecule has 2 aliphatic rings. The Morgan fingerprint density at radius 1 is 1.15 bits per heavy atom. The van der Waals surface area contributed by atoms with Crippen LogP contribution in [0.4, 0.5) is 0 Å². The third kappa shape index (κ3) is 3.64. The highest BCUT2D eigenvalue weighted by Crippen LogP contribution is 2.34. The Hall–Kier alpha value is -2.17. The fourth-order valence-corrected chi connectivity index (χ4v) is 4.97. The first-order valence-electron chi connectivity index (χ1n) is 10.4. The Balaban J connectivity index is 1.45. The molecule has 4 rings (SSSR count). The molecule has 1 saturated heterocycles. The van der Waals surface area contributed by atoms with Crippen molar-refractivity contribution in [1.29, 1.82) is 0 Å². The zero-order valence-corrected chi connectivity index (χ0v) is 16.2. The van der Waals surface area contributed by atoms with Crippen molar-refractivity contribution < 1.29 is 4.79 Å². The molecule has 1 aliphatic heterocycles. The second-order valence-electron chi connectivity index (χ2n) is 8.16. The van der Waals surface area contributed by atoms with E-state index in [4.69, 9.17) is 0 Å². The fourth-order valence-electron chi connectivity index (χ4n) is 4.97. The SMILES string of the molecule is Cc1cccc2c(=O)n(CCC(=O)N3CCCC3C3CCCCC3)cnc12. The minimum atomic E-state index is -0.0539. The van der Waals surface area contributed by atoms with E-state index in [1.165, 1.54) is 32.1 Å². The minimum Gasteiger partial charge on any atom is -0.339 e. The Morgan fingerprint density at radius 2 is 1.96 bits per heavy atom. The molecule has 2 fully saturated rings. The molecule has 2 heterocycles. The van der Waals surface area contributed by atoms with E-state index in [1.54, 1.807) is 10.9 Å². The summed E-state index contributed by atoms with van der Waals surface area (Å²) in [7, 11) is 0. The zero-order chi connectivity index (χ0) is 18.8. The Kier molecular flexibility index (Phi) is 5.28. The van der Waals surface area contributed by atoms with Crippen molar-refractivity contribution in [2.45, 2.75) is 70.9 Å². The fraction of sp³-hybridized carbons (Fsp3) is 0.591. The molecule has 5 nitrogen and oxygen atoms in total. The molecule has 0 radical (unpaired) electrons. The quantitative estimate of drug-likeness (QED) is 0.828. The number of nitrogens with zero attached hydrogens (tertiary/aromatic N) is 3. The largest absolute Gasteiger partial charge is 0.339 e. The number of benzene rings is 1. The van der Waals surface area contributed by atoms with E-state index in [0.717, 1.165) is 30.5 Å². The number of hydrogen-bond acceptors (Lipinski definition) is 3. The van der Waals surface area contributed by atoms with Crippen LogP contribution >= 0.6 is 0 Å². The number of carbonyl (C=O) groups excluding carboxylic acids is 1. The van der Waals surface area contributed by atoms with Crippen molar-refractivity contribution >= 4 is 16.8 Å². The zero-order valence-electron chi connectivity index (χ0n) is 16.2. The summed E-state index contributed by atoms with van der Waals surface area (Å²) in [6.07, 6.45) is 10.7. The highest BCUT2D eigenvalue weighted by molar-refractivity contribution is 5.80. The molecular formula is C22H29N3O2. The highest BCUT2D eigenvalue weighted by atomic mass is 16.2. The summed E-state index contributed by atoms with van der Waals surface area (Å²) < 4.78 is 1.59. The molecule has 1 atom stereocenters. The van der Waals surface area contributed by atoms with Crippen LogP contribution in [-0.4, -0.2) is 32.9 Å². The summed E-state index contributed by atoms with van der Waals surface area (Å²) in [5.41, 5.74) is 1.70. The molecule has 1 unspecified atom stereocenters. The van der Waals surface area contributed by atoms with Crippen LogP contribution in [0.1, 0.15) is 56.9 Å². The predicted molar refractivity (Wildman–Crippen MR) is 107 cm³/mol. The average molecular weight is 367 g/mol. The first kappa shape index (κ1) is 18.2. The number of rotatable bonds is 4. The molecule has 144 valence electrons. The van der Waals surface area contributed by atoms with Crippen LogP contribution in [0.5, 0.6) is 0 Å². The normalized spacial score (nSPS) is 21.1. The number of carbonyl (C=O) groups is 1. The van der Waals surface area contributed by atoms with Crippen LogP contribution in [0, 0.1) is 12.8 Å². The van der Waals surface area contributed by atoms with Gasteiger partial charge in [-0.3, -0.25) is 14.2 Å². The minimum absolute atomic E-state index is 0.0539. The van der Waals surface area contributed by atoms with Gasteiger partial charge in [-0.15, -0.1) is 0 Å². The van der Waals surface area contributed by atoms with Crippen LogP contribution in [-0.2, 0) is 11.3 Å². The van der Waals surface area contributed by atoms with Gasteiger partial charge in [-0.05, 0) is 50.2 Å². The van der Waals surface area contributed by atoms with E-state index in [0.29, 0.717) is 30.3 Å². The molecule has 1 amide bonds. The number of para-hydroxylation sites is 1. The molecule has 5 heteroatoms. The number of hydrogen-bond donors (Lipinski definition) is 0. The van der Waals surface area contributed by atoms with Crippen LogP contribution in [0.2, 0.25) is 0 Å². The standard InChI is InChI=1S/C22H29N3O2/c1-16-7-5-10-18-21(16)23-15-24(22(18)27)14-12-20(26)25-13-6-11-19(25)17-8-3-2-4-9-17/h5,7,10,15,17,19H,2-4,6,8-9,11-14H2,1H3. The van der Waals surface area contributed by atoms with Crippen molar-refractivity contribution in [2.24, 2.45) is 5.92 Å². The van der Waals surface area contributed by atoms with Crippen LogP contribution in [0.15, 0.2) is 29.3 Å². The number of fused-ring (bicyclic) bond motifs is 1.